The summed E-state index contributed by atoms with van der Waals surface area (Å²) in [6, 6.07) is 9.62. The van der Waals surface area contributed by atoms with Gasteiger partial charge in [0.25, 0.3) is 0 Å². The third-order valence-electron chi connectivity index (χ3n) is 4.22. The summed E-state index contributed by atoms with van der Waals surface area (Å²) < 4.78 is 0. The fourth-order valence-corrected chi connectivity index (χ4v) is 3.23. The Bertz CT molecular complexity index is 782. The molecule has 1 aromatic heterocycles. The van der Waals surface area contributed by atoms with Gasteiger partial charge < -0.3 is 15.0 Å². The Balaban J connectivity index is 1.79. The largest absolute Gasteiger partial charge is 0.391 e. The van der Waals surface area contributed by atoms with Crippen molar-refractivity contribution in [2.75, 3.05) is 19.6 Å². The van der Waals surface area contributed by atoms with Crippen LogP contribution >= 0.6 is 11.6 Å². The molecule has 4 rings (SSSR count). The smallest absolute Gasteiger partial charge is 0.127 e. The lowest BCUT2D eigenvalue weighted by molar-refractivity contribution is 0.188. The van der Waals surface area contributed by atoms with Crippen LogP contribution in [-0.2, 0) is 0 Å². The molecule has 1 aromatic carbocycles. The predicted octanol–water partition coefficient (Wildman–Crippen LogP) is 2.62. The second-order valence-corrected chi connectivity index (χ2v) is 6.26. The van der Waals surface area contributed by atoms with Gasteiger partial charge in [-0.3, -0.25) is 4.99 Å². The number of amidine groups is 1. The molecule has 0 amide bonds. The average Bonchev–Trinajstić information content (AvgIpc) is 3.17. The number of aromatic nitrogens is 1. The lowest BCUT2D eigenvalue weighted by Gasteiger charge is -2.18. The summed E-state index contributed by atoms with van der Waals surface area (Å²) in [7, 11) is 0. The van der Waals surface area contributed by atoms with E-state index in [2.05, 4.69) is 9.88 Å². The predicted molar refractivity (Wildman–Crippen MR) is 92.0 cm³/mol. The summed E-state index contributed by atoms with van der Waals surface area (Å²) >= 11 is 6.18. The van der Waals surface area contributed by atoms with Crippen molar-refractivity contribution in [1.82, 2.24) is 9.88 Å². The number of aliphatic hydroxyl groups excluding tert-OH is 1. The molecule has 3 heterocycles. The molecule has 1 saturated heterocycles. The zero-order chi connectivity index (χ0) is 15.8. The van der Waals surface area contributed by atoms with E-state index < -0.39 is 0 Å². The maximum Gasteiger partial charge on any atom is 0.127 e. The molecule has 118 valence electrons. The monoisotopic (exact) mass is 328 g/mol. The van der Waals surface area contributed by atoms with Crippen LogP contribution < -0.4 is 0 Å². The quantitative estimate of drug-likeness (QED) is 0.845. The molecule has 1 fully saturated rings. The first-order valence-corrected chi connectivity index (χ1v) is 8.07. The van der Waals surface area contributed by atoms with Crippen LogP contribution in [0.15, 0.2) is 46.5 Å². The lowest BCUT2D eigenvalue weighted by Crippen LogP contribution is -2.31. The van der Waals surface area contributed by atoms with Gasteiger partial charge in [-0.05, 0) is 36.8 Å². The lowest BCUT2D eigenvalue weighted by atomic mass is 10.1. The number of nitrogens with one attached hydrogen (secondary N) is 1. The van der Waals surface area contributed by atoms with Crippen LogP contribution in [0.2, 0.25) is 5.02 Å². The highest BCUT2D eigenvalue weighted by atomic mass is 35.5. The van der Waals surface area contributed by atoms with Crippen molar-refractivity contribution in [3.05, 3.63) is 52.8 Å². The van der Waals surface area contributed by atoms with Gasteiger partial charge in [0, 0.05) is 29.9 Å². The Morgan fingerprint density at radius 1 is 1.30 bits per heavy atom. The number of aromatic amines is 1. The Morgan fingerprint density at radius 2 is 2.22 bits per heavy atom. The molecule has 23 heavy (non-hydrogen) atoms. The van der Waals surface area contributed by atoms with E-state index in [9.17, 15) is 5.11 Å². The molecule has 0 aliphatic carbocycles. The van der Waals surface area contributed by atoms with Crippen LogP contribution in [0.1, 0.15) is 17.7 Å². The number of aliphatic hydroxyl groups is 1. The standard InChI is InChI=1S/C17H17ClN4O/c18-11-3-4-14-13(8-11)17(15-2-1-6-19-15)20-9-16(21-14)22-7-5-12(23)10-22/h1-4,6,8,12,19,23H,5,7,9-10H2. The van der Waals surface area contributed by atoms with Crippen LogP contribution in [0.25, 0.3) is 0 Å². The summed E-state index contributed by atoms with van der Waals surface area (Å²) in [6.07, 6.45) is 2.38. The van der Waals surface area contributed by atoms with Gasteiger partial charge in [0.2, 0.25) is 0 Å². The van der Waals surface area contributed by atoms with Crippen molar-refractivity contribution in [2.24, 2.45) is 9.98 Å². The van der Waals surface area contributed by atoms with Crippen molar-refractivity contribution >= 4 is 28.8 Å². The minimum Gasteiger partial charge on any atom is -0.391 e. The Labute approximate surface area is 139 Å². The maximum atomic E-state index is 9.78. The molecule has 2 aromatic rings. The van der Waals surface area contributed by atoms with Crippen LogP contribution in [-0.4, -0.2) is 52.3 Å². The highest BCUT2D eigenvalue weighted by molar-refractivity contribution is 6.31. The van der Waals surface area contributed by atoms with Gasteiger partial charge in [-0.2, -0.15) is 0 Å². The van der Waals surface area contributed by atoms with E-state index in [4.69, 9.17) is 21.6 Å². The highest BCUT2D eigenvalue weighted by Gasteiger charge is 2.25. The highest BCUT2D eigenvalue weighted by Crippen LogP contribution is 2.29. The molecule has 1 unspecified atom stereocenters. The van der Waals surface area contributed by atoms with Gasteiger partial charge >= 0.3 is 0 Å². The molecule has 2 aliphatic heterocycles. The van der Waals surface area contributed by atoms with E-state index in [-0.39, 0.29) is 6.10 Å². The number of hydrogen-bond acceptors (Lipinski definition) is 4. The number of H-pyrrole nitrogens is 1. The molecule has 6 heteroatoms. The van der Waals surface area contributed by atoms with Crippen LogP contribution in [0, 0.1) is 0 Å². The second-order valence-electron chi connectivity index (χ2n) is 5.83. The fraction of sp³-hybridized carbons (Fsp3) is 0.294. The third kappa shape index (κ3) is 2.78. The van der Waals surface area contributed by atoms with Crippen molar-refractivity contribution < 1.29 is 5.11 Å². The molecule has 0 bridgehead atoms. The molecule has 0 radical (unpaired) electrons. The summed E-state index contributed by atoms with van der Waals surface area (Å²) in [6.45, 7) is 1.93. The molecule has 0 spiro atoms. The van der Waals surface area contributed by atoms with Gasteiger partial charge in [-0.1, -0.05) is 11.6 Å². The molecule has 2 aliphatic rings. The van der Waals surface area contributed by atoms with Gasteiger partial charge in [-0.25, -0.2) is 4.99 Å². The Hall–Kier alpha value is -2.11. The summed E-state index contributed by atoms with van der Waals surface area (Å²) in [5.74, 6) is 0.895. The fourth-order valence-electron chi connectivity index (χ4n) is 3.06. The number of nitrogens with zero attached hydrogens (tertiary/aromatic N) is 3. The number of benzene rings is 1. The second kappa shape index (κ2) is 5.83. The van der Waals surface area contributed by atoms with Crippen molar-refractivity contribution in [3.8, 4) is 0 Å². The van der Waals surface area contributed by atoms with Crippen LogP contribution in [0.4, 0.5) is 5.69 Å². The van der Waals surface area contributed by atoms with Gasteiger partial charge in [-0.15, -0.1) is 0 Å². The average molecular weight is 329 g/mol. The molecular weight excluding hydrogens is 312 g/mol. The first kappa shape index (κ1) is 14.5. The van der Waals surface area contributed by atoms with Gasteiger partial charge in [0.15, 0.2) is 0 Å². The number of likely N-dealkylation sites (tertiary alicyclic amines) is 1. The number of β-amino-alcohol motifs (C(OH)–C–C–N with tert-alkyl or cyclic N) is 1. The zero-order valence-electron chi connectivity index (χ0n) is 12.5. The summed E-state index contributed by atoms with van der Waals surface area (Å²) in [4.78, 5) is 14.9. The molecule has 5 nitrogen and oxygen atoms in total. The SMILES string of the molecule is OC1CCN(C2=Nc3ccc(Cl)cc3C(c3ccc[nH]3)=NC2)C1. The number of halogens is 1. The zero-order valence-corrected chi connectivity index (χ0v) is 13.3. The van der Waals surface area contributed by atoms with E-state index in [0.717, 1.165) is 41.5 Å². The van der Waals surface area contributed by atoms with E-state index in [1.807, 2.05) is 36.5 Å². The maximum absolute atomic E-state index is 9.78. The molecule has 0 saturated carbocycles. The summed E-state index contributed by atoms with van der Waals surface area (Å²) in [5, 5.41) is 10.4. The first-order valence-electron chi connectivity index (χ1n) is 7.69. The number of rotatable bonds is 1. The minimum atomic E-state index is -0.280. The van der Waals surface area contributed by atoms with Crippen molar-refractivity contribution in [1.29, 1.82) is 0 Å². The van der Waals surface area contributed by atoms with Gasteiger partial charge in [0.1, 0.15) is 5.84 Å². The van der Waals surface area contributed by atoms with E-state index in [1.165, 1.54) is 0 Å². The topological polar surface area (TPSA) is 64.0 Å². The molecule has 2 N–H and O–H groups in total. The van der Waals surface area contributed by atoms with E-state index >= 15 is 0 Å². The van der Waals surface area contributed by atoms with E-state index in [0.29, 0.717) is 18.1 Å². The number of aliphatic imine (C=N–C) groups is 2. The Morgan fingerprint density at radius 3 is 2.96 bits per heavy atom. The summed E-state index contributed by atoms with van der Waals surface area (Å²) in [5.41, 5.74) is 3.60. The molecular formula is C17H17ClN4O. The Kier molecular flexibility index (Phi) is 3.67. The van der Waals surface area contributed by atoms with Gasteiger partial charge in [0.05, 0.1) is 29.7 Å². The number of fused-ring (bicyclic) bond motifs is 1. The minimum absolute atomic E-state index is 0.280. The van der Waals surface area contributed by atoms with Crippen LogP contribution in [0.3, 0.4) is 0 Å². The first-order chi connectivity index (χ1) is 11.2. The third-order valence-corrected chi connectivity index (χ3v) is 4.46. The van der Waals surface area contributed by atoms with E-state index in [1.54, 1.807) is 0 Å². The number of hydrogen-bond donors (Lipinski definition) is 2. The van der Waals surface area contributed by atoms with Crippen molar-refractivity contribution in [2.45, 2.75) is 12.5 Å². The molecule has 1 atom stereocenters. The van der Waals surface area contributed by atoms with Crippen LogP contribution in [0.5, 0.6) is 0 Å². The van der Waals surface area contributed by atoms with Crippen molar-refractivity contribution in [3.63, 3.8) is 0 Å². The normalized spacial score (nSPS) is 20.8.